The summed E-state index contributed by atoms with van der Waals surface area (Å²) in [5.74, 6) is 0.579. The largest absolute Gasteiger partial charge is 0.449 e. The average molecular weight is 455 g/mol. The first-order chi connectivity index (χ1) is 15.5. The van der Waals surface area contributed by atoms with Crippen LogP contribution in [-0.2, 0) is 16.4 Å². The summed E-state index contributed by atoms with van der Waals surface area (Å²) in [6.07, 6.45) is 10.4. The van der Waals surface area contributed by atoms with E-state index in [0.717, 1.165) is 36.6 Å². The zero-order valence-corrected chi connectivity index (χ0v) is 19.2. The van der Waals surface area contributed by atoms with Crippen molar-refractivity contribution in [1.82, 2.24) is 10.3 Å². The Morgan fingerprint density at radius 1 is 1.12 bits per heavy atom. The predicted octanol–water partition coefficient (Wildman–Crippen LogP) is 5.28. The van der Waals surface area contributed by atoms with Crippen LogP contribution in [0.1, 0.15) is 68.0 Å². The molecular weight excluding hydrogens is 424 g/mol. The molecule has 32 heavy (non-hydrogen) atoms. The quantitative estimate of drug-likeness (QED) is 0.500. The summed E-state index contributed by atoms with van der Waals surface area (Å²) < 4.78 is 31.7. The minimum absolute atomic E-state index is 0.224. The van der Waals surface area contributed by atoms with Gasteiger partial charge < -0.3 is 9.73 Å². The van der Waals surface area contributed by atoms with Gasteiger partial charge in [0.15, 0.2) is 21.2 Å². The van der Waals surface area contributed by atoms with Crippen LogP contribution in [0.15, 0.2) is 58.1 Å². The lowest BCUT2D eigenvalue weighted by Gasteiger charge is -2.28. The van der Waals surface area contributed by atoms with Gasteiger partial charge in [0.1, 0.15) is 0 Å². The Labute approximate surface area is 189 Å². The van der Waals surface area contributed by atoms with Crippen LogP contribution < -0.4 is 5.32 Å². The standard InChI is InChI=1S/C25H30N2O4S/c1-2-3-4-18-5-9-21(10-6-18)32(29,30)22-11-7-19(8-12-22)16-27-25(28)23-15-20-13-14-26-17-24(20)31-23/h7-8,11-15,17-18,21H,2-6,9-10,16H2,1H3,(H,27,28). The maximum Gasteiger partial charge on any atom is 0.287 e. The van der Waals surface area contributed by atoms with Gasteiger partial charge in [-0.15, -0.1) is 0 Å². The van der Waals surface area contributed by atoms with Gasteiger partial charge in [0.05, 0.1) is 16.3 Å². The maximum absolute atomic E-state index is 13.1. The number of benzene rings is 1. The third-order valence-corrected chi connectivity index (χ3v) is 8.73. The molecule has 3 aromatic rings. The molecule has 6 nitrogen and oxygen atoms in total. The topological polar surface area (TPSA) is 89.3 Å². The van der Waals surface area contributed by atoms with Gasteiger partial charge in [-0.3, -0.25) is 9.78 Å². The summed E-state index contributed by atoms with van der Waals surface area (Å²) in [4.78, 5) is 16.7. The molecule has 1 aliphatic rings. The van der Waals surface area contributed by atoms with E-state index in [1.807, 2.05) is 0 Å². The summed E-state index contributed by atoms with van der Waals surface area (Å²) in [6, 6.07) is 10.3. The Morgan fingerprint density at radius 3 is 2.56 bits per heavy atom. The Morgan fingerprint density at radius 2 is 1.88 bits per heavy atom. The van der Waals surface area contributed by atoms with E-state index in [0.29, 0.717) is 16.4 Å². The van der Waals surface area contributed by atoms with E-state index in [-0.39, 0.29) is 23.5 Å². The molecule has 0 atom stereocenters. The number of carbonyl (C=O) groups is 1. The van der Waals surface area contributed by atoms with Crippen molar-refractivity contribution in [2.24, 2.45) is 5.92 Å². The molecule has 2 heterocycles. The van der Waals surface area contributed by atoms with Crippen molar-refractivity contribution in [3.05, 3.63) is 60.1 Å². The summed E-state index contributed by atoms with van der Waals surface area (Å²) in [5, 5.41) is 3.35. The third kappa shape index (κ3) is 5.04. The summed E-state index contributed by atoms with van der Waals surface area (Å²) in [5.41, 5.74) is 1.39. The number of carbonyl (C=O) groups excluding carboxylic acids is 1. The second-order valence-electron chi connectivity index (χ2n) is 8.68. The fourth-order valence-electron chi connectivity index (χ4n) is 4.48. The monoisotopic (exact) mass is 454 g/mol. The van der Waals surface area contributed by atoms with Crippen LogP contribution in [0.25, 0.3) is 11.0 Å². The van der Waals surface area contributed by atoms with Crippen molar-refractivity contribution < 1.29 is 17.6 Å². The molecule has 1 saturated carbocycles. The van der Waals surface area contributed by atoms with Crippen LogP contribution in [0.2, 0.25) is 0 Å². The lowest BCUT2D eigenvalue weighted by molar-refractivity contribution is 0.0925. The lowest BCUT2D eigenvalue weighted by Crippen LogP contribution is -2.27. The number of aromatic nitrogens is 1. The second kappa shape index (κ2) is 9.86. The zero-order valence-electron chi connectivity index (χ0n) is 18.4. The van der Waals surface area contributed by atoms with E-state index < -0.39 is 9.84 Å². The summed E-state index contributed by atoms with van der Waals surface area (Å²) in [7, 11) is -3.32. The van der Waals surface area contributed by atoms with Crippen LogP contribution in [0, 0.1) is 5.92 Å². The Hall–Kier alpha value is -2.67. The normalized spacial score (nSPS) is 19.2. The van der Waals surface area contributed by atoms with Crippen LogP contribution in [0.4, 0.5) is 0 Å². The molecule has 0 saturated heterocycles. The van der Waals surface area contributed by atoms with Crippen LogP contribution in [0.5, 0.6) is 0 Å². The summed E-state index contributed by atoms with van der Waals surface area (Å²) in [6.45, 7) is 2.48. The molecule has 0 radical (unpaired) electrons. The lowest BCUT2D eigenvalue weighted by atomic mass is 9.85. The molecular formula is C25H30N2O4S. The van der Waals surface area contributed by atoms with Gasteiger partial charge in [0.2, 0.25) is 0 Å². The smallest absolute Gasteiger partial charge is 0.287 e. The van der Waals surface area contributed by atoms with Crippen molar-refractivity contribution >= 4 is 26.7 Å². The van der Waals surface area contributed by atoms with Crippen molar-refractivity contribution in [1.29, 1.82) is 0 Å². The molecule has 1 amide bonds. The highest BCUT2D eigenvalue weighted by atomic mass is 32.2. The number of hydrogen-bond acceptors (Lipinski definition) is 5. The minimum Gasteiger partial charge on any atom is -0.449 e. The number of sulfone groups is 1. The molecule has 1 aromatic carbocycles. The number of unbranched alkanes of at least 4 members (excludes halogenated alkanes) is 1. The average Bonchev–Trinajstić information content (AvgIpc) is 3.26. The van der Waals surface area contributed by atoms with Crippen LogP contribution >= 0.6 is 0 Å². The number of furan rings is 1. The van der Waals surface area contributed by atoms with E-state index >= 15 is 0 Å². The molecule has 7 heteroatoms. The molecule has 1 N–H and O–H groups in total. The highest BCUT2D eigenvalue weighted by molar-refractivity contribution is 7.92. The number of nitrogens with one attached hydrogen (secondary N) is 1. The van der Waals surface area contributed by atoms with Gasteiger partial charge in [0, 0.05) is 18.1 Å². The highest BCUT2D eigenvalue weighted by Crippen LogP contribution is 2.34. The number of rotatable bonds is 8. The zero-order chi connectivity index (χ0) is 22.6. The molecule has 0 unspecified atom stereocenters. The number of hydrogen-bond donors (Lipinski definition) is 1. The molecule has 170 valence electrons. The molecule has 4 rings (SSSR count). The van der Waals surface area contributed by atoms with Gasteiger partial charge in [-0.05, 0) is 61.4 Å². The van der Waals surface area contributed by atoms with E-state index in [9.17, 15) is 13.2 Å². The summed E-state index contributed by atoms with van der Waals surface area (Å²) >= 11 is 0. The molecule has 0 spiro atoms. The van der Waals surface area contributed by atoms with Crippen molar-refractivity contribution in [3.63, 3.8) is 0 Å². The number of nitrogens with zero attached hydrogens (tertiary/aromatic N) is 1. The molecule has 0 bridgehead atoms. The number of amides is 1. The predicted molar refractivity (Wildman–Crippen MR) is 124 cm³/mol. The van der Waals surface area contributed by atoms with Gasteiger partial charge in [-0.25, -0.2) is 8.42 Å². The molecule has 1 fully saturated rings. The minimum atomic E-state index is -3.32. The molecule has 0 aliphatic heterocycles. The van der Waals surface area contributed by atoms with Crippen molar-refractivity contribution in [3.8, 4) is 0 Å². The second-order valence-corrected chi connectivity index (χ2v) is 10.9. The SMILES string of the molecule is CCCCC1CCC(S(=O)(=O)c2ccc(CNC(=O)c3cc4ccncc4o3)cc2)CC1. The Balaban J connectivity index is 1.34. The first-order valence-electron chi connectivity index (χ1n) is 11.4. The van der Waals surface area contributed by atoms with Gasteiger partial charge in [0.25, 0.3) is 5.91 Å². The van der Waals surface area contributed by atoms with Crippen molar-refractivity contribution in [2.45, 2.75) is 68.6 Å². The number of fused-ring (bicyclic) bond motifs is 1. The van der Waals surface area contributed by atoms with Crippen molar-refractivity contribution in [2.75, 3.05) is 0 Å². The fourth-order valence-corrected chi connectivity index (χ4v) is 6.27. The van der Waals surface area contributed by atoms with E-state index in [2.05, 4.69) is 17.2 Å². The van der Waals surface area contributed by atoms with Gasteiger partial charge >= 0.3 is 0 Å². The first kappa shape index (κ1) is 22.5. The number of pyridine rings is 1. The van der Waals surface area contributed by atoms with E-state index in [4.69, 9.17) is 4.42 Å². The highest BCUT2D eigenvalue weighted by Gasteiger charge is 2.31. The van der Waals surface area contributed by atoms with E-state index in [1.54, 1.807) is 48.8 Å². The van der Waals surface area contributed by atoms with E-state index in [1.165, 1.54) is 19.3 Å². The maximum atomic E-state index is 13.1. The first-order valence-corrected chi connectivity index (χ1v) is 13.0. The van der Waals surface area contributed by atoms with Crippen LogP contribution in [0.3, 0.4) is 0 Å². The Bertz CT molecular complexity index is 1130. The molecule has 2 aromatic heterocycles. The fraction of sp³-hybridized carbons (Fsp3) is 0.440. The molecule has 1 aliphatic carbocycles. The van der Waals surface area contributed by atoms with Crippen LogP contribution in [-0.4, -0.2) is 24.6 Å². The third-order valence-electron chi connectivity index (χ3n) is 6.45. The van der Waals surface area contributed by atoms with Gasteiger partial charge in [-0.2, -0.15) is 0 Å². The van der Waals surface area contributed by atoms with Gasteiger partial charge in [-0.1, -0.05) is 38.3 Å². The Kier molecular flexibility index (Phi) is 6.94.